The molecular weight excluding hydrogens is 766 g/mol. The van der Waals surface area contributed by atoms with Gasteiger partial charge in [-0.05, 0) is 44.9 Å². The van der Waals surface area contributed by atoms with Gasteiger partial charge in [0.2, 0.25) is 5.91 Å². The van der Waals surface area contributed by atoms with Gasteiger partial charge in [-0.3, -0.25) is 4.79 Å². The molecular formula is C40H67NO17. The summed E-state index contributed by atoms with van der Waals surface area (Å²) in [6.45, 7) is -0.229. The molecule has 3 aliphatic rings. The van der Waals surface area contributed by atoms with Crippen molar-refractivity contribution < 1.29 is 84.3 Å². The van der Waals surface area contributed by atoms with Gasteiger partial charge in [0.1, 0.15) is 73.2 Å². The second-order valence-corrected chi connectivity index (χ2v) is 14.5. The summed E-state index contributed by atoms with van der Waals surface area (Å²) in [5, 5.41) is 106. The standard InChI is InChI=1S/C40H67NO17/c1-2-3-4-5-6-7-8-9-10-11-12-13-14-15-16-17-18-19-28(45)41-20-21-53-38-34(51)36(30(47)26(23-43)54-38)58-40-35(52)37(31(48)27(24-44)56-40)57-39-33(50)32(49)29(46)25(22-42)55-39/h6-7,9-10,12-13,15-16,25-27,29-40,42-44,46-52H,2-5,8,11,14,17-24H2,1H3,(H,41,45)/b7-6-,10-9-,13-12-,16-15-/t25-,26-,27-,29-,30-,31-,32+,33-,34-,35-,36+,37+,38-,39+,40+/m1/s1. The number of nitrogens with one attached hydrogen (secondary N) is 1. The summed E-state index contributed by atoms with van der Waals surface area (Å²) in [5.41, 5.74) is 0. The van der Waals surface area contributed by atoms with Crippen LogP contribution >= 0.6 is 0 Å². The van der Waals surface area contributed by atoms with Crippen LogP contribution in [0, 0.1) is 0 Å². The molecule has 18 heteroatoms. The van der Waals surface area contributed by atoms with Crippen molar-refractivity contribution in [2.24, 2.45) is 0 Å². The molecule has 334 valence electrons. The summed E-state index contributed by atoms with van der Waals surface area (Å²) in [7, 11) is 0. The molecule has 0 aromatic rings. The van der Waals surface area contributed by atoms with Crippen molar-refractivity contribution in [3.8, 4) is 0 Å². The quantitative estimate of drug-likeness (QED) is 0.0377. The van der Waals surface area contributed by atoms with Crippen LogP contribution in [-0.4, -0.2) is 182 Å². The Balaban J connectivity index is 1.41. The van der Waals surface area contributed by atoms with Gasteiger partial charge in [0.05, 0.1) is 26.4 Å². The maximum Gasteiger partial charge on any atom is 0.220 e. The van der Waals surface area contributed by atoms with Crippen LogP contribution in [0.15, 0.2) is 48.6 Å². The number of amides is 1. The minimum Gasteiger partial charge on any atom is -0.394 e. The summed E-state index contributed by atoms with van der Waals surface area (Å²) in [6, 6.07) is 0. The van der Waals surface area contributed by atoms with E-state index in [1.165, 1.54) is 19.3 Å². The van der Waals surface area contributed by atoms with E-state index < -0.39 is 112 Å². The third kappa shape index (κ3) is 15.7. The lowest BCUT2D eigenvalue weighted by Gasteiger charge is -2.48. The number of aliphatic hydroxyl groups is 10. The summed E-state index contributed by atoms with van der Waals surface area (Å²) < 4.78 is 33.3. The molecule has 1 amide bonds. The van der Waals surface area contributed by atoms with Gasteiger partial charge in [-0.2, -0.15) is 0 Å². The van der Waals surface area contributed by atoms with Crippen molar-refractivity contribution >= 4 is 5.91 Å². The third-order valence-corrected chi connectivity index (χ3v) is 10.0. The highest BCUT2D eigenvalue weighted by atomic mass is 16.8. The Kier molecular flexibility index (Phi) is 23.9. The van der Waals surface area contributed by atoms with E-state index in [0.29, 0.717) is 6.42 Å². The number of rotatable bonds is 25. The Morgan fingerprint density at radius 3 is 1.52 bits per heavy atom. The number of carbonyl (C=O) groups excluding carboxylic acids is 1. The lowest BCUT2D eigenvalue weighted by molar-refractivity contribution is -0.380. The topological polar surface area (TPSA) is 287 Å². The van der Waals surface area contributed by atoms with Crippen molar-refractivity contribution in [3.63, 3.8) is 0 Å². The molecule has 0 unspecified atom stereocenters. The van der Waals surface area contributed by atoms with Crippen LogP contribution in [0.25, 0.3) is 0 Å². The fourth-order valence-electron chi connectivity index (χ4n) is 6.56. The summed E-state index contributed by atoms with van der Waals surface area (Å²) in [5.74, 6) is -0.209. The first-order chi connectivity index (χ1) is 28.0. The lowest BCUT2D eigenvalue weighted by atomic mass is 9.96. The fraction of sp³-hybridized carbons (Fsp3) is 0.775. The van der Waals surface area contributed by atoms with Crippen LogP contribution in [0.5, 0.6) is 0 Å². The van der Waals surface area contributed by atoms with E-state index in [1.807, 2.05) is 6.08 Å². The number of allylic oxidation sites excluding steroid dienone is 8. The van der Waals surface area contributed by atoms with Gasteiger partial charge >= 0.3 is 0 Å². The first-order valence-corrected chi connectivity index (χ1v) is 20.3. The first-order valence-electron chi connectivity index (χ1n) is 20.3. The second kappa shape index (κ2) is 27.6. The molecule has 0 aromatic heterocycles. The van der Waals surface area contributed by atoms with E-state index in [-0.39, 0.29) is 25.5 Å². The van der Waals surface area contributed by atoms with E-state index in [1.54, 1.807) is 0 Å². The predicted molar refractivity (Wildman–Crippen MR) is 206 cm³/mol. The van der Waals surface area contributed by atoms with Crippen LogP contribution < -0.4 is 5.32 Å². The number of aliphatic hydroxyl groups excluding tert-OH is 10. The van der Waals surface area contributed by atoms with Crippen molar-refractivity contribution in [1.29, 1.82) is 0 Å². The van der Waals surface area contributed by atoms with Gasteiger partial charge in [0.15, 0.2) is 18.9 Å². The van der Waals surface area contributed by atoms with E-state index >= 15 is 0 Å². The number of carbonyl (C=O) groups is 1. The Morgan fingerprint density at radius 2 is 1.00 bits per heavy atom. The molecule has 0 aromatic carbocycles. The molecule has 0 spiro atoms. The molecule has 0 aliphatic carbocycles. The Labute approximate surface area is 340 Å². The Bertz CT molecular complexity index is 1250. The van der Waals surface area contributed by atoms with Gasteiger partial charge in [-0.25, -0.2) is 0 Å². The zero-order valence-electron chi connectivity index (χ0n) is 33.2. The van der Waals surface area contributed by atoms with Crippen molar-refractivity contribution in [2.45, 2.75) is 163 Å². The average Bonchev–Trinajstić information content (AvgIpc) is 3.22. The number of hydrogen-bond donors (Lipinski definition) is 11. The van der Waals surface area contributed by atoms with E-state index in [0.717, 1.165) is 32.1 Å². The van der Waals surface area contributed by atoms with Crippen molar-refractivity contribution in [3.05, 3.63) is 48.6 Å². The molecule has 3 saturated heterocycles. The van der Waals surface area contributed by atoms with Crippen molar-refractivity contribution in [2.75, 3.05) is 33.0 Å². The largest absolute Gasteiger partial charge is 0.394 e. The first kappa shape index (κ1) is 50.1. The molecule has 18 nitrogen and oxygen atoms in total. The Hall–Kier alpha value is -2.21. The van der Waals surface area contributed by atoms with E-state index in [2.05, 4.69) is 54.8 Å². The van der Waals surface area contributed by atoms with Crippen LogP contribution in [0.3, 0.4) is 0 Å². The van der Waals surface area contributed by atoms with Crippen LogP contribution in [0.1, 0.15) is 71.1 Å². The van der Waals surface area contributed by atoms with Gasteiger partial charge in [-0.15, -0.1) is 0 Å². The van der Waals surface area contributed by atoms with Gasteiger partial charge in [-0.1, -0.05) is 68.4 Å². The maximum absolute atomic E-state index is 12.4. The molecule has 3 aliphatic heterocycles. The third-order valence-electron chi connectivity index (χ3n) is 10.0. The Morgan fingerprint density at radius 1 is 0.552 bits per heavy atom. The van der Waals surface area contributed by atoms with Gasteiger partial charge in [0.25, 0.3) is 0 Å². The second-order valence-electron chi connectivity index (χ2n) is 14.5. The normalized spacial score (nSPS) is 36.2. The SMILES string of the molecule is CCCCC/C=C\C/C=C\C/C=C\C/C=C\CCCC(=O)NCCO[C@@H]1O[C@H](CO)[C@@H](O)[C@H](O[C@@H]2O[C@H](CO)[C@@H](O)[C@H](O[C@@H]3O[C@H](CO)[C@@H](O)[C@H](O)[C@H]3O)[C@H]2O)[C@H]1O. The van der Waals surface area contributed by atoms with Gasteiger partial charge < -0.3 is 84.8 Å². The van der Waals surface area contributed by atoms with E-state index in [4.69, 9.17) is 28.4 Å². The van der Waals surface area contributed by atoms with Gasteiger partial charge in [0, 0.05) is 13.0 Å². The van der Waals surface area contributed by atoms with Crippen LogP contribution in [0.2, 0.25) is 0 Å². The van der Waals surface area contributed by atoms with Crippen LogP contribution in [-0.2, 0) is 33.2 Å². The molecule has 3 heterocycles. The predicted octanol–water partition coefficient (Wildman–Crippen LogP) is -1.29. The zero-order chi connectivity index (χ0) is 42.5. The monoisotopic (exact) mass is 833 g/mol. The molecule has 0 saturated carbocycles. The highest BCUT2D eigenvalue weighted by Gasteiger charge is 2.53. The molecule has 11 N–H and O–H groups in total. The number of hydrogen-bond acceptors (Lipinski definition) is 17. The zero-order valence-corrected chi connectivity index (χ0v) is 33.2. The smallest absolute Gasteiger partial charge is 0.220 e. The molecule has 3 fully saturated rings. The summed E-state index contributed by atoms with van der Waals surface area (Å²) >= 11 is 0. The maximum atomic E-state index is 12.4. The average molecular weight is 834 g/mol. The van der Waals surface area contributed by atoms with E-state index in [9.17, 15) is 55.9 Å². The van der Waals surface area contributed by atoms with Crippen molar-refractivity contribution in [1.82, 2.24) is 5.32 Å². The number of ether oxygens (including phenoxy) is 6. The summed E-state index contributed by atoms with van der Waals surface area (Å²) in [6.07, 6.45) is 1.02. The minimum atomic E-state index is -1.95. The van der Waals surface area contributed by atoms with Crippen LogP contribution in [0.4, 0.5) is 0 Å². The molecule has 3 rings (SSSR count). The molecule has 58 heavy (non-hydrogen) atoms. The highest BCUT2D eigenvalue weighted by Crippen LogP contribution is 2.32. The highest BCUT2D eigenvalue weighted by molar-refractivity contribution is 5.75. The molecule has 0 radical (unpaired) electrons. The molecule has 15 atom stereocenters. The minimum absolute atomic E-state index is 0.0467. The molecule has 0 bridgehead atoms. The lowest BCUT2D eigenvalue weighted by Crippen LogP contribution is -2.67. The fourth-order valence-corrected chi connectivity index (χ4v) is 6.56. The summed E-state index contributed by atoms with van der Waals surface area (Å²) in [4.78, 5) is 12.4. The number of unbranched alkanes of at least 4 members (excludes halogenated alkanes) is 4.